The van der Waals surface area contributed by atoms with Gasteiger partial charge in [0.25, 0.3) is 0 Å². The summed E-state index contributed by atoms with van der Waals surface area (Å²) in [5.41, 5.74) is 2.95. The maximum absolute atomic E-state index is 11.8. The quantitative estimate of drug-likeness (QED) is 0.848. The van der Waals surface area contributed by atoms with E-state index in [1.807, 2.05) is 32.9 Å². The lowest BCUT2D eigenvalue weighted by Crippen LogP contribution is -2.21. The van der Waals surface area contributed by atoms with Crippen LogP contribution in [-0.4, -0.2) is 20.6 Å². The summed E-state index contributed by atoms with van der Waals surface area (Å²) in [6.07, 6.45) is 1.21. The number of hydrogen-bond acceptors (Lipinski definition) is 2. The Hall–Kier alpha value is -2.30. The van der Waals surface area contributed by atoms with Gasteiger partial charge < -0.3 is 10.1 Å². The zero-order valence-corrected chi connectivity index (χ0v) is 10.4. The van der Waals surface area contributed by atoms with Crippen LogP contribution in [0, 0.1) is 20.8 Å². The van der Waals surface area contributed by atoms with Crippen molar-refractivity contribution in [2.75, 3.05) is 0 Å². The lowest BCUT2D eigenvalue weighted by molar-refractivity contribution is 0.0688. The molecule has 0 aliphatic carbocycles. The lowest BCUT2D eigenvalue weighted by atomic mass is 10.0. The van der Waals surface area contributed by atoms with Crippen molar-refractivity contribution in [3.8, 4) is 5.69 Å². The number of H-pyrrole nitrogens is 1. The molecular weight excluding hydrogens is 232 g/mol. The number of aryl methyl sites for hydroxylation is 3. The van der Waals surface area contributed by atoms with Gasteiger partial charge in [-0.15, -0.1) is 0 Å². The van der Waals surface area contributed by atoms with E-state index in [-0.39, 0.29) is 5.69 Å². The van der Waals surface area contributed by atoms with Crippen molar-refractivity contribution in [3.63, 3.8) is 0 Å². The van der Waals surface area contributed by atoms with Gasteiger partial charge in [0, 0.05) is 6.20 Å². The molecule has 0 unspecified atom stereocenters. The molecule has 5 heteroatoms. The van der Waals surface area contributed by atoms with Crippen LogP contribution >= 0.6 is 0 Å². The standard InChI is InChI=1S/C13H14N2O3/c1-7-4-8(2)11(9(3)5-7)15-10(12(16)17)6-14-13(15)18/h4-6H,1-3H3,(H,14,18)(H,16,17). The van der Waals surface area contributed by atoms with Crippen LogP contribution in [0.15, 0.2) is 23.1 Å². The molecule has 0 fully saturated rings. The number of rotatable bonds is 2. The minimum absolute atomic E-state index is 0.0601. The summed E-state index contributed by atoms with van der Waals surface area (Å²) in [6.45, 7) is 5.68. The van der Waals surface area contributed by atoms with Crippen LogP contribution in [0.3, 0.4) is 0 Å². The fourth-order valence-corrected chi connectivity index (χ4v) is 2.27. The second-order valence-corrected chi connectivity index (χ2v) is 4.37. The average Bonchev–Trinajstić information content (AvgIpc) is 2.59. The summed E-state index contributed by atoms with van der Waals surface area (Å²) in [5.74, 6) is -1.13. The molecule has 0 amide bonds. The van der Waals surface area contributed by atoms with Crippen LogP contribution < -0.4 is 5.69 Å². The monoisotopic (exact) mass is 246 g/mol. The van der Waals surface area contributed by atoms with Crippen LogP contribution in [-0.2, 0) is 0 Å². The molecule has 0 atom stereocenters. The Bertz CT molecular complexity index is 657. The van der Waals surface area contributed by atoms with Gasteiger partial charge in [-0.1, -0.05) is 17.7 Å². The van der Waals surface area contributed by atoms with Crippen molar-refractivity contribution in [1.29, 1.82) is 0 Å². The lowest BCUT2D eigenvalue weighted by Gasteiger charge is -2.12. The molecule has 1 heterocycles. The highest BCUT2D eigenvalue weighted by Gasteiger charge is 2.17. The predicted octanol–water partition coefficient (Wildman–Crippen LogP) is 1.79. The molecule has 2 rings (SSSR count). The van der Waals surface area contributed by atoms with Crippen LogP contribution in [0.2, 0.25) is 0 Å². The largest absolute Gasteiger partial charge is 0.477 e. The van der Waals surface area contributed by atoms with Crippen molar-refractivity contribution >= 4 is 5.97 Å². The molecule has 2 N–H and O–H groups in total. The topological polar surface area (TPSA) is 75.1 Å². The number of nitrogens with one attached hydrogen (secondary N) is 1. The maximum Gasteiger partial charge on any atom is 0.354 e. The Kier molecular flexibility index (Phi) is 2.82. The van der Waals surface area contributed by atoms with Crippen LogP contribution in [0.1, 0.15) is 27.2 Å². The van der Waals surface area contributed by atoms with E-state index in [1.54, 1.807) is 0 Å². The van der Waals surface area contributed by atoms with Crippen LogP contribution in [0.5, 0.6) is 0 Å². The Balaban J connectivity index is 2.81. The predicted molar refractivity (Wildman–Crippen MR) is 67.6 cm³/mol. The SMILES string of the molecule is Cc1cc(C)c(-n2c(C(=O)O)c[nH]c2=O)c(C)c1. The normalized spacial score (nSPS) is 10.6. The summed E-state index contributed by atoms with van der Waals surface area (Å²) in [5, 5.41) is 9.10. The molecule has 1 aromatic heterocycles. The third-order valence-corrected chi connectivity index (χ3v) is 2.85. The van der Waals surface area contributed by atoms with E-state index in [2.05, 4.69) is 4.98 Å². The van der Waals surface area contributed by atoms with Gasteiger partial charge in [-0.3, -0.25) is 4.57 Å². The molecule has 0 aliphatic rings. The third-order valence-electron chi connectivity index (χ3n) is 2.85. The molecule has 0 bridgehead atoms. The first-order chi connectivity index (χ1) is 8.41. The van der Waals surface area contributed by atoms with E-state index in [0.29, 0.717) is 5.69 Å². The first kappa shape index (κ1) is 12.2. The number of carboxylic acids is 1. The van der Waals surface area contributed by atoms with Gasteiger partial charge in [0.05, 0.1) is 5.69 Å². The molecule has 5 nitrogen and oxygen atoms in total. The molecule has 1 aromatic carbocycles. The molecule has 2 aromatic rings. The van der Waals surface area contributed by atoms with Gasteiger partial charge >= 0.3 is 11.7 Å². The number of aromatic amines is 1. The van der Waals surface area contributed by atoms with E-state index in [0.717, 1.165) is 16.7 Å². The van der Waals surface area contributed by atoms with Crippen molar-refractivity contribution < 1.29 is 9.90 Å². The first-order valence-electron chi connectivity index (χ1n) is 5.53. The highest BCUT2D eigenvalue weighted by Crippen LogP contribution is 2.20. The number of carboxylic acid groups (broad SMARTS) is 1. The number of hydrogen-bond donors (Lipinski definition) is 2. The van der Waals surface area contributed by atoms with E-state index < -0.39 is 11.7 Å². The fourth-order valence-electron chi connectivity index (χ4n) is 2.27. The average molecular weight is 246 g/mol. The molecular formula is C13H14N2O3. The molecule has 0 saturated carbocycles. The molecule has 0 saturated heterocycles. The number of nitrogens with zero attached hydrogens (tertiary/aromatic N) is 1. The Morgan fingerprint density at radius 2 is 1.78 bits per heavy atom. The smallest absolute Gasteiger partial charge is 0.354 e. The van der Waals surface area contributed by atoms with Crippen molar-refractivity contribution in [1.82, 2.24) is 9.55 Å². The molecule has 0 spiro atoms. The van der Waals surface area contributed by atoms with Gasteiger partial charge in [0.2, 0.25) is 0 Å². The van der Waals surface area contributed by atoms with E-state index in [9.17, 15) is 9.59 Å². The number of benzene rings is 1. The van der Waals surface area contributed by atoms with Crippen LogP contribution in [0.25, 0.3) is 5.69 Å². The van der Waals surface area contributed by atoms with Crippen molar-refractivity contribution in [2.24, 2.45) is 0 Å². The highest BCUT2D eigenvalue weighted by atomic mass is 16.4. The zero-order chi connectivity index (χ0) is 13.4. The van der Waals surface area contributed by atoms with Crippen molar-refractivity contribution in [3.05, 3.63) is 51.2 Å². The Labute approximate surface area is 104 Å². The third kappa shape index (κ3) is 1.84. The van der Waals surface area contributed by atoms with Crippen LogP contribution in [0.4, 0.5) is 0 Å². The second kappa shape index (κ2) is 4.18. The van der Waals surface area contributed by atoms with Gasteiger partial charge in [-0.2, -0.15) is 0 Å². The summed E-state index contributed by atoms with van der Waals surface area (Å²) in [4.78, 5) is 25.3. The number of aromatic nitrogens is 2. The van der Waals surface area contributed by atoms with Gasteiger partial charge in [-0.05, 0) is 31.9 Å². The van der Waals surface area contributed by atoms with Gasteiger partial charge in [-0.25, -0.2) is 9.59 Å². The first-order valence-corrected chi connectivity index (χ1v) is 5.53. The summed E-state index contributed by atoms with van der Waals surface area (Å²) < 4.78 is 1.20. The molecule has 0 aliphatic heterocycles. The maximum atomic E-state index is 11.8. The Morgan fingerprint density at radius 3 is 2.28 bits per heavy atom. The summed E-state index contributed by atoms with van der Waals surface area (Å²) in [7, 11) is 0. The highest BCUT2D eigenvalue weighted by molar-refractivity contribution is 5.86. The molecule has 18 heavy (non-hydrogen) atoms. The minimum atomic E-state index is -1.13. The summed E-state index contributed by atoms with van der Waals surface area (Å²) in [6, 6.07) is 3.85. The Morgan fingerprint density at radius 1 is 1.22 bits per heavy atom. The molecule has 0 radical (unpaired) electrons. The molecule has 94 valence electrons. The zero-order valence-electron chi connectivity index (χ0n) is 10.4. The number of imidazole rings is 1. The summed E-state index contributed by atoms with van der Waals surface area (Å²) >= 11 is 0. The fraction of sp³-hybridized carbons (Fsp3) is 0.231. The van der Waals surface area contributed by atoms with Crippen molar-refractivity contribution in [2.45, 2.75) is 20.8 Å². The minimum Gasteiger partial charge on any atom is -0.477 e. The number of carbonyl (C=O) groups is 1. The van der Waals surface area contributed by atoms with E-state index >= 15 is 0 Å². The van der Waals surface area contributed by atoms with Gasteiger partial charge in [0.1, 0.15) is 0 Å². The number of aromatic carboxylic acids is 1. The van der Waals surface area contributed by atoms with E-state index in [1.165, 1.54) is 10.8 Å². The van der Waals surface area contributed by atoms with Gasteiger partial charge in [0.15, 0.2) is 5.69 Å². The van der Waals surface area contributed by atoms with E-state index in [4.69, 9.17) is 5.11 Å². The second-order valence-electron chi connectivity index (χ2n) is 4.37.